The fourth-order valence-electron chi connectivity index (χ4n) is 3.06. The largest absolute Gasteiger partial charge is 0.399 e. The maximum Gasteiger partial charge on any atom is 0.243 e. The summed E-state index contributed by atoms with van der Waals surface area (Å²) in [6, 6.07) is 5.76. The average molecular weight is 376 g/mol. The molecule has 0 unspecified atom stereocenters. The van der Waals surface area contributed by atoms with Crippen molar-refractivity contribution in [2.45, 2.75) is 13.0 Å². The Morgan fingerprint density at radius 3 is 2.96 bits per heavy atom. The number of pyridine rings is 1. The molecule has 0 amide bonds. The van der Waals surface area contributed by atoms with Gasteiger partial charge in [0.25, 0.3) is 0 Å². The Labute approximate surface area is 162 Å². The summed E-state index contributed by atoms with van der Waals surface area (Å²) in [5.74, 6) is 0.446. The number of carbonyl (C=O) groups excluding carboxylic acids is 1. The van der Waals surface area contributed by atoms with Crippen molar-refractivity contribution < 1.29 is 9.36 Å². The Bertz CT molecular complexity index is 1120. The number of aromatic nitrogens is 4. The molecule has 3 aromatic rings. The lowest BCUT2D eigenvalue weighted by Gasteiger charge is -2.06. The first-order valence-electron chi connectivity index (χ1n) is 9.11. The second kappa shape index (κ2) is 7.51. The number of hydrogen-bond acceptors (Lipinski definition) is 5. The molecular weight excluding hydrogens is 354 g/mol. The van der Waals surface area contributed by atoms with Crippen LogP contribution in [0.4, 0.5) is 11.5 Å². The summed E-state index contributed by atoms with van der Waals surface area (Å²) in [5, 5.41) is 7.94. The molecule has 28 heavy (non-hydrogen) atoms. The molecule has 0 saturated carbocycles. The number of nitrogens with two attached hydrogens (primary N) is 1. The van der Waals surface area contributed by atoms with Crippen molar-refractivity contribution in [3.05, 3.63) is 67.0 Å². The van der Waals surface area contributed by atoms with Gasteiger partial charge in [-0.05, 0) is 24.3 Å². The van der Waals surface area contributed by atoms with Crippen molar-refractivity contribution in [3.8, 4) is 0 Å². The Balaban J connectivity index is 1.55. The highest BCUT2D eigenvalue weighted by Crippen LogP contribution is 2.30. The summed E-state index contributed by atoms with van der Waals surface area (Å²) in [7, 11) is 2.00. The third-order valence-corrected chi connectivity index (χ3v) is 4.44. The number of nitrogens with zero attached hydrogens (tertiary/aromatic N) is 5. The fourth-order valence-corrected chi connectivity index (χ4v) is 3.06. The number of fused-ring (bicyclic) bond motifs is 1. The van der Waals surface area contributed by atoms with Crippen molar-refractivity contribution in [3.63, 3.8) is 0 Å². The van der Waals surface area contributed by atoms with Gasteiger partial charge >= 0.3 is 0 Å². The van der Waals surface area contributed by atoms with E-state index >= 15 is 0 Å². The second-order valence-corrected chi connectivity index (χ2v) is 6.66. The van der Waals surface area contributed by atoms with Crippen molar-refractivity contribution in [1.29, 1.82) is 0 Å². The van der Waals surface area contributed by atoms with E-state index in [-0.39, 0.29) is 5.78 Å². The van der Waals surface area contributed by atoms with Crippen LogP contribution in [-0.2, 0) is 18.4 Å². The van der Waals surface area contributed by atoms with Crippen LogP contribution < -0.4 is 15.6 Å². The van der Waals surface area contributed by atoms with Crippen LogP contribution >= 0.6 is 0 Å². The van der Waals surface area contributed by atoms with Gasteiger partial charge in [-0.3, -0.25) is 4.79 Å². The minimum atomic E-state index is -0.207. The molecule has 8 heteroatoms. The smallest absolute Gasteiger partial charge is 0.243 e. The lowest BCUT2D eigenvalue weighted by Crippen LogP contribution is -2.23. The first-order valence-corrected chi connectivity index (χ1v) is 9.11. The molecule has 3 N–H and O–H groups in total. The molecule has 4 rings (SSSR count). The van der Waals surface area contributed by atoms with Gasteiger partial charge in [-0.2, -0.15) is 0 Å². The van der Waals surface area contributed by atoms with E-state index in [2.05, 4.69) is 20.0 Å². The quantitative estimate of drug-likeness (QED) is 0.387. The summed E-state index contributed by atoms with van der Waals surface area (Å²) in [6.07, 6.45) is 13.6. The summed E-state index contributed by atoms with van der Waals surface area (Å²) in [4.78, 5) is 16.8. The Kier molecular flexibility index (Phi) is 4.76. The fraction of sp³-hybridized carbons (Fsp3) is 0.200. The summed E-state index contributed by atoms with van der Waals surface area (Å²) in [6.45, 7) is 1.64. The molecule has 0 aliphatic heterocycles. The van der Waals surface area contributed by atoms with E-state index in [0.29, 0.717) is 22.9 Å². The standard InChI is InChI=1S/C20H21N7O/c1-25-11-12-26(14-25)9-4-8-22-20-19(17-5-2-3-10-27(17)24-20)23-16-7-6-15(21)13-18(16)28/h2-3,5-7,10-14H,4,8-9H2,1H3,(H2-,21,22,24,28)/p+1. The molecule has 0 radical (unpaired) electrons. The van der Waals surface area contributed by atoms with E-state index < -0.39 is 0 Å². The maximum atomic E-state index is 12.2. The predicted molar refractivity (Wildman–Crippen MR) is 107 cm³/mol. The summed E-state index contributed by atoms with van der Waals surface area (Å²) >= 11 is 0. The number of carbonyl (C=O) groups is 1. The van der Waals surface area contributed by atoms with Crippen LogP contribution in [0.5, 0.6) is 0 Å². The molecule has 3 aromatic heterocycles. The van der Waals surface area contributed by atoms with Gasteiger partial charge in [-0.25, -0.2) is 18.6 Å². The average Bonchev–Trinajstić information content (AvgIpc) is 3.24. The van der Waals surface area contributed by atoms with Gasteiger partial charge in [0.15, 0.2) is 5.82 Å². The van der Waals surface area contributed by atoms with Crippen LogP contribution in [0.1, 0.15) is 6.42 Å². The molecule has 1 aliphatic rings. The molecular formula is C20H22N7O+. The molecule has 0 aromatic carbocycles. The molecule has 1 aliphatic carbocycles. The third kappa shape index (κ3) is 3.71. The number of aliphatic imine (C=N–C) groups is 1. The van der Waals surface area contributed by atoms with Crippen LogP contribution in [0.2, 0.25) is 0 Å². The lowest BCUT2D eigenvalue weighted by atomic mass is 10.1. The van der Waals surface area contributed by atoms with E-state index in [1.807, 2.05) is 54.7 Å². The number of ketones is 1. The number of anilines is 1. The summed E-state index contributed by atoms with van der Waals surface area (Å²) in [5.41, 5.74) is 7.93. The number of aryl methyl sites for hydroxylation is 2. The van der Waals surface area contributed by atoms with Gasteiger partial charge in [-0.15, -0.1) is 5.10 Å². The molecule has 0 saturated heterocycles. The molecule has 0 fully saturated rings. The van der Waals surface area contributed by atoms with Crippen molar-refractivity contribution in [1.82, 2.24) is 14.2 Å². The Morgan fingerprint density at radius 2 is 2.18 bits per heavy atom. The van der Waals surface area contributed by atoms with E-state index in [9.17, 15) is 4.79 Å². The number of allylic oxidation sites excluding steroid dienone is 3. The van der Waals surface area contributed by atoms with Crippen molar-refractivity contribution in [2.75, 3.05) is 11.9 Å². The van der Waals surface area contributed by atoms with Gasteiger partial charge in [0.2, 0.25) is 12.1 Å². The van der Waals surface area contributed by atoms with Crippen molar-refractivity contribution in [2.24, 2.45) is 17.8 Å². The van der Waals surface area contributed by atoms with Gasteiger partial charge < -0.3 is 11.1 Å². The zero-order valence-electron chi connectivity index (χ0n) is 15.6. The van der Waals surface area contributed by atoms with E-state index in [0.717, 1.165) is 25.0 Å². The molecule has 0 spiro atoms. The van der Waals surface area contributed by atoms with Crippen LogP contribution in [0, 0.1) is 0 Å². The second-order valence-electron chi connectivity index (χ2n) is 6.66. The summed E-state index contributed by atoms with van der Waals surface area (Å²) < 4.78 is 5.91. The van der Waals surface area contributed by atoms with E-state index in [4.69, 9.17) is 5.73 Å². The zero-order chi connectivity index (χ0) is 19.5. The molecule has 142 valence electrons. The van der Waals surface area contributed by atoms with Crippen LogP contribution in [0.3, 0.4) is 0 Å². The van der Waals surface area contributed by atoms with E-state index in [1.165, 1.54) is 6.08 Å². The van der Waals surface area contributed by atoms with Gasteiger partial charge in [0.1, 0.15) is 23.8 Å². The van der Waals surface area contributed by atoms with Crippen LogP contribution in [0.25, 0.3) is 5.52 Å². The Hall–Kier alpha value is -3.68. The predicted octanol–water partition coefficient (Wildman–Crippen LogP) is 1.52. The number of hydrogen-bond donors (Lipinski definition) is 2. The first-order chi connectivity index (χ1) is 13.6. The topological polar surface area (TPSA) is 93.6 Å². The molecule has 8 nitrogen and oxygen atoms in total. The van der Waals surface area contributed by atoms with Gasteiger partial charge in [-0.1, -0.05) is 6.07 Å². The molecule has 3 heterocycles. The van der Waals surface area contributed by atoms with Gasteiger partial charge in [0, 0.05) is 30.9 Å². The maximum absolute atomic E-state index is 12.2. The third-order valence-electron chi connectivity index (χ3n) is 4.44. The van der Waals surface area contributed by atoms with Crippen molar-refractivity contribution >= 4 is 28.5 Å². The highest BCUT2D eigenvalue weighted by Gasteiger charge is 2.16. The highest BCUT2D eigenvalue weighted by molar-refractivity contribution is 6.49. The SMILES string of the molecule is C[n+]1ccn(CCCNc2nn3ccccc3c2N=C2C=CC(N)=CC2=O)c1. The number of imidazole rings is 1. The van der Waals surface area contributed by atoms with E-state index in [1.54, 1.807) is 16.7 Å². The van der Waals surface area contributed by atoms with Crippen LogP contribution in [-0.4, -0.2) is 32.2 Å². The number of nitrogens with one attached hydrogen (secondary N) is 1. The minimum absolute atomic E-state index is 0.207. The normalized spacial score (nSPS) is 15.4. The molecule has 0 bridgehead atoms. The zero-order valence-corrected chi connectivity index (χ0v) is 15.6. The number of rotatable bonds is 6. The molecule has 0 atom stereocenters. The lowest BCUT2D eigenvalue weighted by molar-refractivity contribution is -0.671. The first kappa shape index (κ1) is 17.7. The minimum Gasteiger partial charge on any atom is -0.399 e. The van der Waals surface area contributed by atoms with Crippen LogP contribution in [0.15, 0.2) is 72.0 Å². The highest BCUT2D eigenvalue weighted by atomic mass is 16.1. The van der Waals surface area contributed by atoms with Gasteiger partial charge in [0.05, 0.1) is 19.1 Å². The Morgan fingerprint density at radius 1 is 1.29 bits per heavy atom. The monoisotopic (exact) mass is 376 g/mol.